The fourth-order valence-corrected chi connectivity index (χ4v) is 2.30. The van der Waals surface area contributed by atoms with Crippen LogP contribution in [-0.4, -0.2) is 12.0 Å². The molecule has 0 aromatic heterocycles. The molecule has 0 saturated heterocycles. The number of aryl methyl sites for hydroxylation is 1. The van der Waals surface area contributed by atoms with Crippen LogP contribution in [0.1, 0.15) is 37.4 Å². The molecule has 2 unspecified atom stereocenters. The van der Waals surface area contributed by atoms with Gasteiger partial charge in [0.1, 0.15) is 5.75 Å². The van der Waals surface area contributed by atoms with Crippen molar-refractivity contribution in [1.29, 1.82) is 0 Å². The first-order chi connectivity index (χ1) is 10.6. The largest absolute Gasteiger partial charge is 0.480 e. The first kappa shape index (κ1) is 16.1. The summed E-state index contributed by atoms with van der Waals surface area (Å²) in [5.74, 6) is 0.680. The Morgan fingerprint density at radius 1 is 1.09 bits per heavy atom. The smallest absolute Gasteiger partial charge is 0.261 e. The van der Waals surface area contributed by atoms with Gasteiger partial charge in [0.05, 0.1) is 6.04 Å². The van der Waals surface area contributed by atoms with Crippen molar-refractivity contribution in [3.63, 3.8) is 0 Å². The lowest BCUT2D eigenvalue weighted by Gasteiger charge is -2.21. The molecule has 0 spiro atoms. The molecule has 3 heteroatoms. The minimum absolute atomic E-state index is 0.0387. The standard InChI is InChI=1S/C19H23NO2/c1-4-17(22-18-13-9-8-10-14(18)2)19(21)20-15(3)16-11-6-5-7-12-16/h5-13,15,17H,4H2,1-3H3,(H,20,21). The van der Waals surface area contributed by atoms with Crippen molar-refractivity contribution in [2.45, 2.75) is 39.3 Å². The summed E-state index contributed by atoms with van der Waals surface area (Å²) < 4.78 is 5.88. The van der Waals surface area contributed by atoms with Crippen molar-refractivity contribution in [3.8, 4) is 5.75 Å². The van der Waals surface area contributed by atoms with Crippen molar-refractivity contribution in [1.82, 2.24) is 5.32 Å². The number of amides is 1. The zero-order chi connectivity index (χ0) is 15.9. The molecule has 116 valence electrons. The number of hydrogen-bond acceptors (Lipinski definition) is 2. The Morgan fingerprint density at radius 2 is 1.73 bits per heavy atom. The molecule has 2 rings (SSSR count). The molecule has 22 heavy (non-hydrogen) atoms. The van der Waals surface area contributed by atoms with Gasteiger partial charge in [0.25, 0.3) is 5.91 Å². The maximum Gasteiger partial charge on any atom is 0.261 e. The Bertz CT molecular complexity index is 610. The first-order valence-corrected chi connectivity index (χ1v) is 7.69. The Balaban J connectivity index is 2.02. The van der Waals surface area contributed by atoms with Gasteiger partial charge in [-0.1, -0.05) is 55.5 Å². The number of carbonyl (C=O) groups is 1. The molecule has 1 N–H and O–H groups in total. The molecule has 0 aliphatic rings. The average Bonchev–Trinajstić information content (AvgIpc) is 2.54. The highest BCUT2D eigenvalue weighted by Gasteiger charge is 2.21. The van der Waals surface area contributed by atoms with E-state index in [-0.39, 0.29) is 11.9 Å². The normalized spacial score (nSPS) is 13.2. The fraction of sp³-hybridized carbons (Fsp3) is 0.316. The summed E-state index contributed by atoms with van der Waals surface area (Å²) in [6, 6.07) is 17.6. The molecule has 2 aromatic rings. The number of carbonyl (C=O) groups excluding carboxylic acids is 1. The maximum absolute atomic E-state index is 12.4. The summed E-state index contributed by atoms with van der Waals surface area (Å²) in [7, 11) is 0. The number of rotatable bonds is 6. The van der Waals surface area contributed by atoms with E-state index in [1.807, 2.05) is 75.4 Å². The van der Waals surface area contributed by atoms with Gasteiger partial charge in [-0.15, -0.1) is 0 Å². The third-order valence-corrected chi connectivity index (χ3v) is 3.68. The minimum atomic E-state index is -0.479. The minimum Gasteiger partial charge on any atom is -0.480 e. The van der Waals surface area contributed by atoms with E-state index < -0.39 is 6.10 Å². The lowest BCUT2D eigenvalue weighted by molar-refractivity contribution is -0.128. The monoisotopic (exact) mass is 297 g/mol. The summed E-state index contributed by atoms with van der Waals surface area (Å²) in [4.78, 5) is 12.4. The van der Waals surface area contributed by atoms with Crippen molar-refractivity contribution >= 4 is 5.91 Å². The van der Waals surface area contributed by atoms with Crippen molar-refractivity contribution in [3.05, 3.63) is 65.7 Å². The summed E-state index contributed by atoms with van der Waals surface area (Å²) in [5.41, 5.74) is 2.12. The van der Waals surface area contributed by atoms with Crippen LogP contribution in [0.15, 0.2) is 54.6 Å². The Hall–Kier alpha value is -2.29. The van der Waals surface area contributed by atoms with Gasteiger partial charge < -0.3 is 10.1 Å². The molecule has 0 fully saturated rings. The Labute approximate surface area is 132 Å². The Kier molecular flexibility index (Phi) is 5.59. The fourth-order valence-electron chi connectivity index (χ4n) is 2.30. The van der Waals surface area contributed by atoms with Crippen LogP contribution >= 0.6 is 0 Å². The summed E-state index contributed by atoms with van der Waals surface area (Å²) in [6.45, 7) is 5.91. The molecule has 1 amide bonds. The summed E-state index contributed by atoms with van der Waals surface area (Å²) in [5, 5.41) is 3.02. The van der Waals surface area contributed by atoms with Gasteiger partial charge in [0.15, 0.2) is 6.10 Å². The maximum atomic E-state index is 12.4. The highest BCUT2D eigenvalue weighted by Crippen LogP contribution is 2.19. The molecule has 2 aromatic carbocycles. The van der Waals surface area contributed by atoms with E-state index in [0.717, 1.165) is 16.9 Å². The van der Waals surface area contributed by atoms with E-state index in [9.17, 15) is 4.79 Å². The first-order valence-electron chi connectivity index (χ1n) is 7.69. The topological polar surface area (TPSA) is 38.3 Å². The highest BCUT2D eigenvalue weighted by atomic mass is 16.5. The molecule has 2 atom stereocenters. The van der Waals surface area contributed by atoms with Crippen LogP contribution in [0.3, 0.4) is 0 Å². The van der Waals surface area contributed by atoms with Crippen LogP contribution in [0.25, 0.3) is 0 Å². The Morgan fingerprint density at radius 3 is 2.36 bits per heavy atom. The molecule has 0 radical (unpaired) electrons. The number of nitrogens with one attached hydrogen (secondary N) is 1. The predicted octanol–water partition coefficient (Wildman–Crippen LogP) is 4.03. The van der Waals surface area contributed by atoms with Crippen molar-refractivity contribution in [2.24, 2.45) is 0 Å². The third-order valence-electron chi connectivity index (χ3n) is 3.68. The van der Waals surface area contributed by atoms with E-state index in [1.165, 1.54) is 0 Å². The molecule has 0 aliphatic heterocycles. The van der Waals surface area contributed by atoms with E-state index >= 15 is 0 Å². The average molecular weight is 297 g/mol. The molecule has 0 aliphatic carbocycles. The van der Waals surface area contributed by atoms with Gasteiger partial charge >= 0.3 is 0 Å². The molecule has 0 saturated carbocycles. The summed E-state index contributed by atoms with van der Waals surface area (Å²) in [6.07, 6.45) is 0.147. The van der Waals surface area contributed by atoms with Gasteiger partial charge in [-0.2, -0.15) is 0 Å². The van der Waals surface area contributed by atoms with E-state index in [4.69, 9.17) is 4.74 Å². The molecule has 0 bridgehead atoms. The van der Waals surface area contributed by atoms with Crippen LogP contribution in [0.2, 0.25) is 0 Å². The van der Waals surface area contributed by atoms with Gasteiger partial charge in [-0.25, -0.2) is 0 Å². The van der Waals surface area contributed by atoms with E-state index in [2.05, 4.69) is 5.32 Å². The predicted molar refractivity (Wildman–Crippen MR) is 88.9 cm³/mol. The van der Waals surface area contributed by atoms with Crippen molar-refractivity contribution < 1.29 is 9.53 Å². The molecule has 3 nitrogen and oxygen atoms in total. The highest BCUT2D eigenvalue weighted by molar-refractivity contribution is 5.81. The van der Waals surface area contributed by atoms with Crippen LogP contribution < -0.4 is 10.1 Å². The van der Waals surface area contributed by atoms with Crippen LogP contribution in [0.5, 0.6) is 5.75 Å². The van der Waals surface area contributed by atoms with Crippen molar-refractivity contribution in [2.75, 3.05) is 0 Å². The van der Waals surface area contributed by atoms with E-state index in [1.54, 1.807) is 0 Å². The van der Waals surface area contributed by atoms with Crippen LogP contribution in [0.4, 0.5) is 0 Å². The van der Waals surface area contributed by atoms with Crippen LogP contribution in [-0.2, 0) is 4.79 Å². The van der Waals surface area contributed by atoms with Gasteiger partial charge in [-0.3, -0.25) is 4.79 Å². The second-order valence-electron chi connectivity index (χ2n) is 5.42. The molecular formula is C19H23NO2. The van der Waals surface area contributed by atoms with Crippen LogP contribution in [0, 0.1) is 6.92 Å². The third kappa shape index (κ3) is 4.10. The summed E-state index contributed by atoms with van der Waals surface area (Å²) >= 11 is 0. The van der Waals surface area contributed by atoms with Gasteiger partial charge in [0.2, 0.25) is 0 Å². The van der Waals surface area contributed by atoms with E-state index in [0.29, 0.717) is 6.42 Å². The zero-order valence-electron chi connectivity index (χ0n) is 13.4. The lowest BCUT2D eigenvalue weighted by Crippen LogP contribution is -2.39. The zero-order valence-corrected chi connectivity index (χ0v) is 13.4. The number of para-hydroxylation sites is 1. The SMILES string of the molecule is CCC(Oc1ccccc1C)C(=O)NC(C)c1ccccc1. The van der Waals surface area contributed by atoms with Gasteiger partial charge in [0, 0.05) is 0 Å². The second-order valence-corrected chi connectivity index (χ2v) is 5.42. The quantitative estimate of drug-likeness (QED) is 0.874. The molecule has 0 heterocycles. The van der Waals surface area contributed by atoms with Gasteiger partial charge in [-0.05, 0) is 37.5 Å². The number of ether oxygens (including phenoxy) is 1. The molecular weight excluding hydrogens is 274 g/mol. The number of hydrogen-bond donors (Lipinski definition) is 1. The lowest BCUT2D eigenvalue weighted by atomic mass is 10.1. The number of benzene rings is 2. The second kappa shape index (κ2) is 7.64.